The predicted molar refractivity (Wildman–Crippen MR) is 12.7 cm³/mol. The van der Waals surface area contributed by atoms with Crippen LogP contribution in [0.5, 0.6) is 0 Å². The maximum absolute atomic E-state index is 10.2. The summed E-state index contributed by atoms with van der Waals surface area (Å²) in [6, 6.07) is 0. The molecule has 0 saturated heterocycles. The molecular formula is HFO3SYb. The molecular weight excluding hydrogens is 272 g/mol. The van der Waals surface area contributed by atoms with Crippen molar-refractivity contribution in [2.45, 2.75) is 0 Å². The van der Waals surface area contributed by atoms with Crippen molar-refractivity contribution in [2.24, 2.45) is 0 Å². The zero-order chi connectivity index (χ0) is 4.50. The van der Waals surface area contributed by atoms with Crippen LogP contribution < -0.4 is 0 Å². The fraction of sp³-hybridized carbons (Fsp3) is 0. The fourth-order valence-electron chi connectivity index (χ4n) is 0. The van der Waals surface area contributed by atoms with Gasteiger partial charge in [0.2, 0.25) is 0 Å². The largest absolute Gasteiger partial charge is 0.435 e. The molecule has 0 aliphatic carbocycles. The molecule has 0 amide bonds. The van der Waals surface area contributed by atoms with E-state index in [4.69, 9.17) is 13.0 Å². The first-order chi connectivity index (χ1) is 2.00. The van der Waals surface area contributed by atoms with Crippen molar-refractivity contribution in [3.63, 3.8) is 0 Å². The van der Waals surface area contributed by atoms with Crippen molar-refractivity contribution < 1.29 is 63.8 Å². The normalized spacial score (nSPS) is 9.67. The van der Waals surface area contributed by atoms with Crippen LogP contribution >= 0.6 is 0 Å². The Morgan fingerprint density at radius 3 is 1.50 bits per heavy atom. The molecule has 0 aromatic carbocycles. The van der Waals surface area contributed by atoms with Gasteiger partial charge in [-0.25, -0.2) is 0 Å². The summed E-state index contributed by atoms with van der Waals surface area (Å²) < 4.78 is 34.1. The third-order valence-corrected chi connectivity index (χ3v) is 0. The Hall–Kier alpha value is 1.36. The first-order valence-corrected chi connectivity index (χ1v) is 2.01. The maximum atomic E-state index is 10.2. The third-order valence-electron chi connectivity index (χ3n) is 0. The minimum Gasteiger partial charge on any atom is -0.260 e. The average Bonchev–Trinajstić information content (AvgIpc) is 0.722. The summed E-state index contributed by atoms with van der Waals surface area (Å²) in [5.41, 5.74) is 0. The molecule has 0 saturated carbocycles. The Kier molecular flexibility index (Phi) is 5.82. The zero-order valence-corrected chi connectivity index (χ0v) is 4.85. The number of hydrogen-bond acceptors (Lipinski definition) is 2. The summed E-state index contributed by atoms with van der Waals surface area (Å²) >= 11 is 0. The smallest absolute Gasteiger partial charge is 0.260 e. The van der Waals surface area contributed by atoms with Gasteiger partial charge in [0.15, 0.2) is 0 Å². The number of halogens is 1. The van der Waals surface area contributed by atoms with E-state index >= 15 is 0 Å². The van der Waals surface area contributed by atoms with Crippen molar-refractivity contribution in [3.05, 3.63) is 0 Å². The van der Waals surface area contributed by atoms with Crippen molar-refractivity contribution in [3.8, 4) is 0 Å². The standard InChI is InChI=1S/FHO3S.Yb/c1-5(2,3)4;/h(H,2,3,4);. The molecule has 0 unspecified atom stereocenters. The molecule has 0 aliphatic rings. The van der Waals surface area contributed by atoms with E-state index < -0.39 is 10.5 Å². The molecule has 3 nitrogen and oxygen atoms in total. The second kappa shape index (κ2) is 3.37. The SMILES string of the molecule is O=S(=O)(O)F.[Yb]. The van der Waals surface area contributed by atoms with E-state index in [1.165, 1.54) is 0 Å². The number of rotatable bonds is 0. The first kappa shape index (κ1) is 10.4. The van der Waals surface area contributed by atoms with Crippen molar-refractivity contribution in [1.82, 2.24) is 0 Å². The Morgan fingerprint density at radius 1 is 1.50 bits per heavy atom. The molecule has 0 fully saturated rings. The van der Waals surface area contributed by atoms with Crippen LogP contribution in [0.15, 0.2) is 0 Å². The monoisotopic (exact) mass is 274 g/mol. The third kappa shape index (κ3) is 55.1. The molecule has 46 valence electrons. The molecule has 1 N–H and O–H groups in total. The minimum absolute atomic E-state index is 0. The topological polar surface area (TPSA) is 54.4 Å². The molecule has 0 rings (SSSR count). The molecule has 0 heterocycles. The molecule has 0 aromatic heterocycles. The van der Waals surface area contributed by atoms with Crippen LogP contribution in [0.25, 0.3) is 0 Å². The summed E-state index contributed by atoms with van der Waals surface area (Å²) in [4.78, 5) is 0. The molecule has 6 heteroatoms. The quantitative estimate of drug-likeness (QED) is 0.489. The van der Waals surface area contributed by atoms with Gasteiger partial charge in [-0.1, -0.05) is 3.89 Å². The molecule has 0 atom stereocenters. The Balaban J connectivity index is 0. The second-order valence-electron chi connectivity index (χ2n) is 0.412. The van der Waals surface area contributed by atoms with Gasteiger partial charge in [-0.15, -0.1) is 0 Å². The van der Waals surface area contributed by atoms with Crippen LogP contribution in [-0.2, 0) is 10.5 Å². The van der Waals surface area contributed by atoms with E-state index in [0.29, 0.717) is 0 Å². The molecule has 6 heavy (non-hydrogen) atoms. The molecule has 0 bridgehead atoms. The molecule has 0 aromatic rings. The summed E-state index contributed by atoms with van der Waals surface area (Å²) in [6.45, 7) is 0. The first-order valence-electron chi connectivity index (χ1n) is 0.670. The van der Waals surface area contributed by atoms with Gasteiger partial charge in [-0.05, 0) is 0 Å². The van der Waals surface area contributed by atoms with E-state index in [9.17, 15) is 3.89 Å². The van der Waals surface area contributed by atoms with Crippen LogP contribution in [0, 0.1) is 46.9 Å². The van der Waals surface area contributed by atoms with Crippen molar-refractivity contribution >= 4 is 10.5 Å². The van der Waals surface area contributed by atoms with E-state index in [1.54, 1.807) is 0 Å². The molecule has 0 spiro atoms. The summed E-state index contributed by atoms with van der Waals surface area (Å²) in [7, 11) is -5.17. The average molecular weight is 273 g/mol. The summed E-state index contributed by atoms with van der Waals surface area (Å²) in [5, 5.41) is 0. The molecule has 0 radical (unpaired) electrons. The van der Waals surface area contributed by atoms with E-state index in [-0.39, 0.29) is 46.9 Å². The van der Waals surface area contributed by atoms with E-state index in [0.717, 1.165) is 0 Å². The maximum Gasteiger partial charge on any atom is 0.435 e. The Bertz CT molecular complexity index is 94.0. The summed E-state index contributed by atoms with van der Waals surface area (Å²) in [6.07, 6.45) is 0. The van der Waals surface area contributed by atoms with E-state index in [1.807, 2.05) is 0 Å². The zero-order valence-electron chi connectivity index (χ0n) is 2.32. The molecule has 0 aliphatic heterocycles. The van der Waals surface area contributed by atoms with Gasteiger partial charge >= 0.3 is 10.5 Å². The summed E-state index contributed by atoms with van der Waals surface area (Å²) in [5.74, 6) is 0. The number of hydrogen-bond donors (Lipinski definition) is 1. The van der Waals surface area contributed by atoms with Gasteiger partial charge in [0.05, 0.1) is 0 Å². The van der Waals surface area contributed by atoms with Gasteiger partial charge in [0.1, 0.15) is 0 Å². The predicted octanol–water partition coefficient (Wildman–Crippen LogP) is -0.241. The van der Waals surface area contributed by atoms with Crippen molar-refractivity contribution in [2.75, 3.05) is 0 Å². The van der Waals surface area contributed by atoms with Crippen molar-refractivity contribution in [1.29, 1.82) is 0 Å². The Labute approximate surface area is 73.2 Å². The van der Waals surface area contributed by atoms with Crippen LogP contribution in [0.1, 0.15) is 0 Å². The van der Waals surface area contributed by atoms with Gasteiger partial charge in [0.25, 0.3) is 0 Å². The minimum atomic E-state index is -5.17. The van der Waals surface area contributed by atoms with Crippen LogP contribution in [0.4, 0.5) is 3.89 Å². The van der Waals surface area contributed by atoms with Gasteiger partial charge in [-0.3, -0.25) is 4.55 Å². The van der Waals surface area contributed by atoms with E-state index in [2.05, 4.69) is 0 Å². The Morgan fingerprint density at radius 2 is 1.50 bits per heavy atom. The van der Waals surface area contributed by atoms with Crippen LogP contribution in [0.2, 0.25) is 0 Å². The van der Waals surface area contributed by atoms with Gasteiger partial charge in [0, 0.05) is 46.9 Å². The second-order valence-corrected chi connectivity index (χ2v) is 1.24. The van der Waals surface area contributed by atoms with Crippen LogP contribution in [0.3, 0.4) is 0 Å². The van der Waals surface area contributed by atoms with Gasteiger partial charge in [-0.2, -0.15) is 8.42 Å². The van der Waals surface area contributed by atoms with Crippen LogP contribution in [-0.4, -0.2) is 13.0 Å². The fourth-order valence-corrected chi connectivity index (χ4v) is 0. The van der Waals surface area contributed by atoms with Gasteiger partial charge < -0.3 is 0 Å².